The van der Waals surface area contributed by atoms with Gasteiger partial charge in [0.05, 0.1) is 0 Å². The summed E-state index contributed by atoms with van der Waals surface area (Å²) in [5, 5.41) is 0. The Kier molecular flexibility index (Phi) is 2.49. The normalized spacial score (nSPS) is 12.3. The fourth-order valence-corrected chi connectivity index (χ4v) is 1.54. The lowest BCUT2D eigenvalue weighted by molar-refractivity contribution is -0.118. The van der Waals surface area contributed by atoms with Gasteiger partial charge in [-0.3, -0.25) is 4.79 Å². The number of primary amides is 1. The summed E-state index contributed by atoms with van der Waals surface area (Å²) in [6, 6.07) is 9.35. The quantitative estimate of drug-likeness (QED) is 0.778. The van der Waals surface area contributed by atoms with E-state index in [0.29, 0.717) is 5.82 Å². The summed E-state index contributed by atoms with van der Waals surface area (Å²) >= 11 is 0. The van der Waals surface area contributed by atoms with E-state index in [1.54, 1.807) is 12.4 Å². The van der Waals surface area contributed by atoms with E-state index in [0.717, 1.165) is 5.56 Å². The molecule has 1 atom stereocenters. The highest BCUT2D eigenvalue weighted by molar-refractivity contribution is 5.84. The van der Waals surface area contributed by atoms with E-state index < -0.39 is 11.8 Å². The molecule has 1 heterocycles. The molecule has 4 heteroatoms. The van der Waals surface area contributed by atoms with Gasteiger partial charge in [0.25, 0.3) is 0 Å². The van der Waals surface area contributed by atoms with E-state index in [1.807, 2.05) is 30.3 Å². The predicted molar refractivity (Wildman–Crippen MR) is 56.1 cm³/mol. The largest absolute Gasteiger partial charge is 0.369 e. The fraction of sp³-hybridized carbons (Fsp3) is 0.0909. The number of imidazole rings is 1. The zero-order valence-electron chi connectivity index (χ0n) is 8.05. The third-order valence-electron chi connectivity index (χ3n) is 2.21. The number of hydrogen-bond donors (Lipinski definition) is 2. The second-order valence-corrected chi connectivity index (χ2v) is 3.22. The Morgan fingerprint density at radius 1 is 1.33 bits per heavy atom. The van der Waals surface area contributed by atoms with E-state index in [1.165, 1.54) is 0 Å². The average Bonchev–Trinajstić information content (AvgIpc) is 2.72. The standard InChI is InChI=1S/C11H11N3O/c12-10(15)9(11-13-6-7-14-11)8-4-2-1-3-5-8/h1-7,9H,(H2,12,15)(H,13,14). The number of aromatic nitrogens is 2. The second-order valence-electron chi connectivity index (χ2n) is 3.22. The van der Waals surface area contributed by atoms with Crippen molar-refractivity contribution in [2.24, 2.45) is 5.73 Å². The summed E-state index contributed by atoms with van der Waals surface area (Å²) in [6.45, 7) is 0. The number of H-pyrrole nitrogens is 1. The first kappa shape index (κ1) is 9.45. The summed E-state index contributed by atoms with van der Waals surface area (Å²) in [4.78, 5) is 18.3. The summed E-state index contributed by atoms with van der Waals surface area (Å²) in [7, 11) is 0. The predicted octanol–water partition coefficient (Wildman–Crippen LogP) is 1.03. The zero-order chi connectivity index (χ0) is 10.7. The molecule has 2 rings (SSSR count). The minimum Gasteiger partial charge on any atom is -0.369 e. The molecule has 15 heavy (non-hydrogen) atoms. The Hall–Kier alpha value is -2.10. The second kappa shape index (κ2) is 3.96. The van der Waals surface area contributed by atoms with Crippen LogP contribution in [0.4, 0.5) is 0 Å². The molecule has 0 aliphatic heterocycles. The van der Waals surface area contributed by atoms with E-state index in [4.69, 9.17) is 5.73 Å². The molecule has 3 N–H and O–H groups in total. The van der Waals surface area contributed by atoms with Crippen LogP contribution < -0.4 is 5.73 Å². The Bertz CT molecular complexity index is 436. The molecular weight excluding hydrogens is 190 g/mol. The van der Waals surface area contributed by atoms with Gasteiger partial charge < -0.3 is 10.7 Å². The molecule has 0 fully saturated rings. The van der Waals surface area contributed by atoms with Crippen LogP contribution >= 0.6 is 0 Å². The van der Waals surface area contributed by atoms with Crippen molar-refractivity contribution in [1.82, 2.24) is 9.97 Å². The summed E-state index contributed by atoms with van der Waals surface area (Å²) in [5.74, 6) is -0.328. The van der Waals surface area contributed by atoms with Crippen molar-refractivity contribution in [3.05, 3.63) is 54.1 Å². The Labute approximate surface area is 87.1 Å². The van der Waals surface area contributed by atoms with Gasteiger partial charge in [-0.1, -0.05) is 30.3 Å². The van der Waals surface area contributed by atoms with Gasteiger partial charge in [0, 0.05) is 12.4 Å². The molecule has 1 aromatic heterocycles. The number of nitrogens with two attached hydrogens (primary N) is 1. The molecule has 76 valence electrons. The van der Waals surface area contributed by atoms with Crippen molar-refractivity contribution in [3.63, 3.8) is 0 Å². The zero-order valence-corrected chi connectivity index (χ0v) is 8.05. The molecule has 0 spiro atoms. The molecule has 1 amide bonds. The first-order valence-electron chi connectivity index (χ1n) is 4.62. The monoisotopic (exact) mass is 201 g/mol. The molecule has 0 aliphatic carbocycles. The molecule has 2 aromatic rings. The fourth-order valence-electron chi connectivity index (χ4n) is 1.54. The third kappa shape index (κ3) is 1.88. The van der Waals surface area contributed by atoms with Gasteiger partial charge in [-0.2, -0.15) is 0 Å². The van der Waals surface area contributed by atoms with Gasteiger partial charge in [0.15, 0.2) is 0 Å². The van der Waals surface area contributed by atoms with Gasteiger partial charge >= 0.3 is 0 Å². The van der Waals surface area contributed by atoms with Crippen molar-refractivity contribution < 1.29 is 4.79 Å². The van der Waals surface area contributed by atoms with Crippen LogP contribution in [-0.2, 0) is 4.79 Å². The molecule has 0 bridgehead atoms. The Balaban J connectivity index is 2.42. The van der Waals surface area contributed by atoms with E-state index in [9.17, 15) is 4.79 Å². The highest BCUT2D eigenvalue weighted by Gasteiger charge is 2.21. The van der Waals surface area contributed by atoms with Gasteiger partial charge in [-0.15, -0.1) is 0 Å². The van der Waals surface area contributed by atoms with E-state index in [-0.39, 0.29) is 0 Å². The number of nitrogens with one attached hydrogen (secondary N) is 1. The summed E-state index contributed by atoms with van der Waals surface area (Å²) in [6.07, 6.45) is 3.28. The maximum atomic E-state index is 11.4. The maximum Gasteiger partial charge on any atom is 0.232 e. The Morgan fingerprint density at radius 3 is 2.60 bits per heavy atom. The molecule has 0 radical (unpaired) electrons. The van der Waals surface area contributed by atoms with Crippen molar-refractivity contribution in [2.75, 3.05) is 0 Å². The van der Waals surface area contributed by atoms with Crippen LogP contribution in [0.1, 0.15) is 17.3 Å². The van der Waals surface area contributed by atoms with Crippen molar-refractivity contribution in [2.45, 2.75) is 5.92 Å². The molecule has 1 aromatic carbocycles. The minimum absolute atomic E-state index is 0.406. The number of hydrogen-bond acceptors (Lipinski definition) is 2. The van der Waals surface area contributed by atoms with Gasteiger partial charge in [0.1, 0.15) is 11.7 Å². The lowest BCUT2D eigenvalue weighted by atomic mass is 9.98. The molecule has 4 nitrogen and oxygen atoms in total. The topological polar surface area (TPSA) is 71.8 Å². The van der Waals surface area contributed by atoms with Crippen LogP contribution in [0.3, 0.4) is 0 Å². The van der Waals surface area contributed by atoms with Crippen molar-refractivity contribution in [1.29, 1.82) is 0 Å². The number of carbonyl (C=O) groups is 1. The summed E-state index contributed by atoms with van der Waals surface area (Å²) in [5.41, 5.74) is 6.21. The SMILES string of the molecule is NC(=O)C(c1ccccc1)c1ncc[nH]1. The molecule has 0 saturated heterocycles. The first-order valence-corrected chi connectivity index (χ1v) is 4.62. The maximum absolute atomic E-state index is 11.4. The van der Waals surface area contributed by atoms with Gasteiger partial charge in [0.2, 0.25) is 5.91 Å². The number of rotatable bonds is 3. The number of nitrogens with zero attached hydrogens (tertiary/aromatic N) is 1. The third-order valence-corrected chi connectivity index (χ3v) is 2.21. The smallest absolute Gasteiger partial charge is 0.232 e. The van der Waals surface area contributed by atoms with Crippen LogP contribution in [-0.4, -0.2) is 15.9 Å². The number of carbonyl (C=O) groups excluding carboxylic acids is 1. The lowest BCUT2D eigenvalue weighted by Gasteiger charge is -2.10. The molecule has 0 aliphatic rings. The summed E-state index contributed by atoms with van der Waals surface area (Å²) < 4.78 is 0. The Morgan fingerprint density at radius 2 is 2.07 bits per heavy atom. The first-order chi connectivity index (χ1) is 7.29. The van der Waals surface area contributed by atoms with Crippen LogP contribution in [0, 0.1) is 0 Å². The van der Waals surface area contributed by atoms with Gasteiger partial charge in [-0.25, -0.2) is 4.98 Å². The average molecular weight is 201 g/mol. The highest BCUT2D eigenvalue weighted by atomic mass is 16.1. The van der Waals surface area contributed by atoms with Crippen LogP contribution in [0.25, 0.3) is 0 Å². The van der Waals surface area contributed by atoms with Gasteiger partial charge in [-0.05, 0) is 5.56 Å². The van der Waals surface area contributed by atoms with Crippen LogP contribution in [0.2, 0.25) is 0 Å². The molecule has 0 saturated carbocycles. The minimum atomic E-state index is -0.499. The molecule has 1 unspecified atom stereocenters. The number of aromatic amines is 1. The van der Waals surface area contributed by atoms with E-state index in [2.05, 4.69) is 9.97 Å². The number of benzene rings is 1. The molecular formula is C11H11N3O. The van der Waals surface area contributed by atoms with E-state index >= 15 is 0 Å². The highest BCUT2D eigenvalue weighted by Crippen LogP contribution is 2.20. The number of amides is 1. The van der Waals surface area contributed by atoms with Crippen LogP contribution in [0.15, 0.2) is 42.7 Å². The van der Waals surface area contributed by atoms with Crippen molar-refractivity contribution in [3.8, 4) is 0 Å². The van der Waals surface area contributed by atoms with Crippen LogP contribution in [0.5, 0.6) is 0 Å². The van der Waals surface area contributed by atoms with Crippen molar-refractivity contribution >= 4 is 5.91 Å². The lowest BCUT2D eigenvalue weighted by Crippen LogP contribution is -2.23.